The first-order chi connectivity index (χ1) is 8.74. The van der Waals surface area contributed by atoms with Gasteiger partial charge in [0.1, 0.15) is 0 Å². The number of benzene rings is 2. The smallest absolute Gasteiger partial charge is 0.232 e. The van der Waals surface area contributed by atoms with E-state index in [4.69, 9.17) is 0 Å². The van der Waals surface area contributed by atoms with Crippen molar-refractivity contribution in [1.82, 2.24) is 0 Å². The molecule has 90 valence electrons. The zero-order chi connectivity index (χ0) is 12.5. The van der Waals surface area contributed by atoms with Crippen LogP contribution in [0.4, 0.5) is 5.69 Å². The van der Waals surface area contributed by atoms with Crippen molar-refractivity contribution < 1.29 is 4.79 Å². The summed E-state index contributed by atoms with van der Waals surface area (Å²) in [6.07, 6.45) is 0.755. The highest BCUT2D eigenvalue weighted by Crippen LogP contribution is 2.32. The second-order valence-electron chi connectivity index (χ2n) is 4.46. The Labute approximate surface area is 114 Å². The predicted molar refractivity (Wildman–Crippen MR) is 75.7 cm³/mol. The molecule has 3 heteroatoms. The summed E-state index contributed by atoms with van der Waals surface area (Å²) in [6, 6.07) is 15.9. The molecule has 1 atom stereocenters. The number of rotatable bonds is 1. The van der Waals surface area contributed by atoms with E-state index < -0.39 is 0 Å². The fraction of sp³-hybridized carbons (Fsp3) is 0.133. The lowest BCUT2D eigenvalue weighted by Gasteiger charge is -2.25. The Kier molecular flexibility index (Phi) is 2.92. The molecule has 0 spiro atoms. The predicted octanol–water partition coefficient (Wildman–Crippen LogP) is 3.73. The van der Waals surface area contributed by atoms with Gasteiger partial charge >= 0.3 is 0 Å². The number of fused-ring (bicyclic) bond motifs is 1. The van der Waals surface area contributed by atoms with E-state index in [0.29, 0.717) is 0 Å². The SMILES string of the molecule is O=C1Nc2ccc(Br)cc2C[C@H]1c1ccccc1. The minimum absolute atomic E-state index is 0.0797. The van der Waals surface area contributed by atoms with Gasteiger partial charge in [0, 0.05) is 10.2 Å². The lowest BCUT2D eigenvalue weighted by atomic mass is 9.87. The molecule has 0 unspecified atom stereocenters. The summed E-state index contributed by atoms with van der Waals surface area (Å²) in [7, 11) is 0. The van der Waals surface area contributed by atoms with Gasteiger partial charge in [0.25, 0.3) is 0 Å². The van der Waals surface area contributed by atoms with Crippen LogP contribution in [0.25, 0.3) is 0 Å². The van der Waals surface area contributed by atoms with Crippen molar-refractivity contribution in [1.29, 1.82) is 0 Å². The van der Waals surface area contributed by atoms with Gasteiger partial charge in [-0.05, 0) is 35.7 Å². The summed E-state index contributed by atoms with van der Waals surface area (Å²) in [6.45, 7) is 0. The maximum absolute atomic E-state index is 12.1. The van der Waals surface area contributed by atoms with Gasteiger partial charge in [0.05, 0.1) is 5.92 Å². The zero-order valence-electron chi connectivity index (χ0n) is 9.69. The molecule has 2 aromatic rings. The summed E-state index contributed by atoms with van der Waals surface area (Å²) in [5, 5.41) is 2.98. The van der Waals surface area contributed by atoms with Crippen LogP contribution in [0.2, 0.25) is 0 Å². The van der Waals surface area contributed by atoms with Crippen LogP contribution < -0.4 is 5.32 Å². The molecule has 1 amide bonds. The molecule has 2 nitrogen and oxygen atoms in total. The topological polar surface area (TPSA) is 29.1 Å². The maximum atomic E-state index is 12.1. The molecular formula is C15H12BrNO. The second kappa shape index (κ2) is 4.58. The van der Waals surface area contributed by atoms with Crippen LogP contribution in [0, 0.1) is 0 Å². The Balaban J connectivity index is 1.99. The van der Waals surface area contributed by atoms with Crippen molar-refractivity contribution in [2.75, 3.05) is 5.32 Å². The molecule has 0 fully saturated rings. The van der Waals surface area contributed by atoms with Gasteiger partial charge in [0.15, 0.2) is 0 Å². The quantitative estimate of drug-likeness (QED) is 0.854. The molecule has 0 saturated heterocycles. The van der Waals surface area contributed by atoms with E-state index in [-0.39, 0.29) is 11.8 Å². The molecule has 2 aromatic carbocycles. The van der Waals surface area contributed by atoms with Crippen LogP contribution in [-0.2, 0) is 11.2 Å². The first kappa shape index (κ1) is 11.5. The second-order valence-corrected chi connectivity index (χ2v) is 5.37. The Morgan fingerprint density at radius 2 is 1.89 bits per heavy atom. The van der Waals surface area contributed by atoms with Gasteiger partial charge < -0.3 is 5.32 Å². The van der Waals surface area contributed by atoms with E-state index in [0.717, 1.165) is 22.1 Å². The Morgan fingerprint density at radius 1 is 1.11 bits per heavy atom. The molecule has 3 rings (SSSR count). The molecule has 18 heavy (non-hydrogen) atoms. The van der Waals surface area contributed by atoms with E-state index in [2.05, 4.69) is 27.3 Å². The van der Waals surface area contributed by atoms with Gasteiger partial charge in [0.2, 0.25) is 5.91 Å². The Hall–Kier alpha value is -1.61. The van der Waals surface area contributed by atoms with Crippen molar-refractivity contribution in [3.05, 3.63) is 64.1 Å². The monoisotopic (exact) mass is 301 g/mol. The van der Waals surface area contributed by atoms with Gasteiger partial charge in [-0.3, -0.25) is 4.79 Å². The van der Waals surface area contributed by atoms with Gasteiger partial charge in [-0.1, -0.05) is 46.3 Å². The van der Waals surface area contributed by atoms with Crippen molar-refractivity contribution in [3.8, 4) is 0 Å². The van der Waals surface area contributed by atoms with Crippen LogP contribution in [0.5, 0.6) is 0 Å². The first-order valence-electron chi connectivity index (χ1n) is 5.88. The van der Waals surface area contributed by atoms with Crippen LogP contribution in [0.1, 0.15) is 17.0 Å². The van der Waals surface area contributed by atoms with Crippen LogP contribution in [-0.4, -0.2) is 5.91 Å². The largest absolute Gasteiger partial charge is 0.325 e. The maximum Gasteiger partial charge on any atom is 0.232 e. The third-order valence-electron chi connectivity index (χ3n) is 3.27. The Morgan fingerprint density at radius 3 is 2.67 bits per heavy atom. The average molecular weight is 302 g/mol. The number of anilines is 1. The molecule has 1 aliphatic rings. The number of carbonyl (C=O) groups excluding carboxylic acids is 1. The van der Waals surface area contributed by atoms with E-state index >= 15 is 0 Å². The van der Waals surface area contributed by atoms with Gasteiger partial charge in [-0.25, -0.2) is 0 Å². The minimum Gasteiger partial charge on any atom is -0.325 e. The molecule has 1 N–H and O–H groups in total. The molecule has 0 bridgehead atoms. The highest BCUT2D eigenvalue weighted by molar-refractivity contribution is 9.10. The number of carbonyl (C=O) groups is 1. The Bertz CT molecular complexity index is 595. The molecule has 1 aliphatic heterocycles. The minimum atomic E-state index is -0.0898. The molecule has 0 aliphatic carbocycles. The van der Waals surface area contributed by atoms with E-state index in [1.54, 1.807) is 0 Å². The van der Waals surface area contributed by atoms with E-state index in [1.807, 2.05) is 42.5 Å². The molecule has 0 saturated carbocycles. The van der Waals surface area contributed by atoms with Gasteiger partial charge in [-0.15, -0.1) is 0 Å². The van der Waals surface area contributed by atoms with E-state index in [9.17, 15) is 4.79 Å². The highest BCUT2D eigenvalue weighted by atomic mass is 79.9. The van der Waals surface area contributed by atoms with Crippen LogP contribution >= 0.6 is 15.9 Å². The number of amides is 1. The fourth-order valence-electron chi connectivity index (χ4n) is 2.34. The summed E-state index contributed by atoms with van der Waals surface area (Å²) in [5.41, 5.74) is 3.17. The molecule has 0 aromatic heterocycles. The summed E-state index contributed by atoms with van der Waals surface area (Å²) < 4.78 is 1.05. The van der Waals surface area contributed by atoms with Crippen molar-refractivity contribution in [2.45, 2.75) is 12.3 Å². The zero-order valence-corrected chi connectivity index (χ0v) is 11.3. The molecule has 1 heterocycles. The lowest BCUT2D eigenvalue weighted by Crippen LogP contribution is -2.28. The van der Waals surface area contributed by atoms with E-state index in [1.165, 1.54) is 5.56 Å². The standard InChI is InChI=1S/C15H12BrNO/c16-12-6-7-14-11(8-12)9-13(15(18)17-14)10-4-2-1-3-5-10/h1-8,13H,9H2,(H,17,18)/t13-/m0/s1. The number of hydrogen-bond acceptors (Lipinski definition) is 1. The number of hydrogen-bond donors (Lipinski definition) is 1. The third-order valence-corrected chi connectivity index (χ3v) is 3.76. The third kappa shape index (κ3) is 2.06. The van der Waals surface area contributed by atoms with Crippen LogP contribution in [0.15, 0.2) is 53.0 Å². The summed E-state index contributed by atoms with van der Waals surface area (Å²) in [5.74, 6) is -0.0102. The average Bonchev–Trinajstić information content (AvgIpc) is 2.39. The van der Waals surface area contributed by atoms with Crippen LogP contribution in [0.3, 0.4) is 0 Å². The normalized spacial score (nSPS) is 18.1. The number of halogens is 1. The molecular weight excluding hydrogens is 290 g/mol. The van der Waals surface area contributed by atoms with Crippen molar-refractivity contribution >= 4 is 27.5 Å². The number of nitrogens with one attached hydrogen (secondary N) is 1. The van der Waals surface area contributed by atoms with Crippen molar-refractivity contribution in [3.63, 3.8) is 0 Å². The van der Waals surface area contributed by atoms with Crippen molar-refractivity contribution in [2.24, 2.45) is 0 Å². The molecule has 0 radical (unpaired) electrons. The van der Waals surface area contributed by atoms with Gasteiger partial charge in [-0.2, -0.15) is 0 Å². The highest BCUT2D eigenvalue weighted by Gasteiger charge is 2.27. The first-order valence-corrected chi connectivity index (χ1v) is 6.67. The lowest BCUT2D eigenvalue weighted by molar-refractivity contribution is -0.117. The fourth-order valence-corrected chi connectivity index (χ4v) is 2.75. The summed E-state index contributed by atoms with van der Waals surface area (Å²) >= 11 is 3.47. The summed E-state index contributed by atoms with van der Waals surface area (Å²) in [4.78, 5) is 12.1.